The topological polar surface area (TPSA) is 63.8 Å². The standard InChI is InChI=1S/C14H16BrClN4/c1-14(2,3)13-19-11(17)7-12(20-13)18-10-5-4-8(15)6-9(10)16/h4-7H,1-3H3,(H3,17,18,19,20). The van der Waals surface area contributed by atoms with E-state index < -0.39 is 0 Å². The van der Waals surface area contributed by atoms with E-state index in [-0.39, 0.29) is 5.41 Å². The van der Waals surface area contributed by atoms with E-state index in [1.807, 2.05) is 39.0 Å². The monoisotopic (exact) mass is 354 g/mol. The molecule has 0 radical (unpaired) electrons. The first-order valence-corrected chi connectivity index (χ1v) is 7.30. The molecule has 2 rings (SSSR count). The van der Waals surface area contributed by atoms with Crippen LogP contribution in [0.2, 0.25) is 5.02 Å². The van der Waals surface area contributed by atoms with Crippen molar-refractivity contribution >= 4 is 44.9 Å². The molecule has 0 bridgehead atoms. The maximum Gasteiger partial charge on any atom is 0.138 e. The van der Waals surface area contributed by atoms with Crippen LogP contribution < -0.4 is 11.1 Å². The molecule has 106 valence electrons. The molecule has 1 aromatic carbocycles. The zero-order valence-corrected chi connectivity index (χ0v) is 13.9. The Kier molecular flexibility index (Phi) is 4.20. The third-order valence-electron chi connectivity index (χ3n) is 2.61. The number of anilines is 3. The number of halogens is 2. The highest BCUT2D eigenvalue weighted by Crippen LogP contribution is 2.29. The molecule has 3 N–H and O–H groups in total. The molecule has 6 heteroatoms. The average molecular weight is 356 g/mol. The minimum Gasteiger partial charge on any atom is -0.384 e. The number of nitrogens with zero attached hydrogens (tertiary/aromatic N) is 2. The van der Waals surface area contributed by atoms with Gasteiger partial charge in [-0.25, -0.2) is 9.97 Å². The van der Waals surface area contributed by atoms with E-state index in [9.17, 15) is 0 Å². The molecule has 1 heterocycles. The van der Waals surface area contributed by atoms with Gasteiger partial charge in [0.15, 0.2) is 0 Å². The van der Waals surface area contributed by atoms with Gasteiger partial charge >= 0.3 is 0 Å². The van der Waals surface area contributed by atoms with E-state index in [2.05, 4.69) is 31.2 Å². The Labute approximate surface area is 131 Å². The third kappa shape index (κ3) is 3.61. The molecule has 0 aliphatic rings. The van der Waals surface area contributed by atoms with Gasteiger partial charge in [0.05, 0.1) is 10.7 Å². The zero-order chi connectivity index (χ0) is 14.9. The second kappa shape index (κ2) is 5.58. The number of rotatable bonds is 2. The minimum absolute atomic E-state index is 0.171. The van der Waals surface area contributed by atoms with Gasteiger partial charge < -0.3 is 11.1 Å². The molecule has 1 aromatic heterocycles. The van der Waals surface area contributed by atoms with Gasteiger partial charge in [0.25, 0.3) is 0 Å². The molecule has 0 saturated heterocycles. The van der Waals surface area contributed by atoms with Crippen molar-refractivity contribution in [2.75, 3.05) is 11.1 Å². The number of aromatic nitrogens is 2. The van der Waals surface area contributed by atoms with Crippen LogP contribution in [0.15, 0.2) is 28.7 Å². The smallest absolute Gasteiger partial charge is 0.138 e. The molecular formula is C14H16BrClN4. The van der Waals surface area contributed by atoms with Gasteiger partial charge in [-0.1, -0.05) is 48.3 Å². The molecule has 20 heavy (non-hydrogen) atoms. The van der Waals surface area contributed by atoms with Gasteiger partial charge in [-0.3, -0.25) is 0 Å². The fourth-order valence-electron chi connectivity index (χ4n) is 1.59. The van der Waals surface area contributed by atoms with Crippen LogP contribution in [0.3, 0.4) is 0 Å². The van der Waals surface area contributed by atoms with Crippen LogP contribution in [0.25, 0.3) is 0 Å². The van der Waals surface area contributed by atoms with Crippen molar-refractivity contribution < 1.29 is 0 Å². The summed E-state index contributed by atoms with van der Waals surface area (Å²) in [5.74, 6) is 1.75. The van der Waals surface area contributed by atoms with E-state index in [0.717, 1.165) is 10.2 Å². The molecule has 0 aliphatic carbocycles. The lowest BCUT2D eigenvalue weighted by atomic mass is 9.96. The summed E-state index contributed by atoms with van der Waals surface area (Å²) in [6.45, 7) is 6.12. The highest BCUT2D eigenvalue weighted by atomic mass is 79.9. The lowest BCUT2D eigenvalue weighted by Gasteiger charge is -2.18. The summed E-state index contributed by atoms with van der Waals surface area (Å²) >= 11 is 9.55. The molecule has 0 unspecified atom stereocenters. The number of nitrogens with one attached hydrogen (secondary N) is 1. The molecule has 0 spiro atoms. The average Bonchev–Trinajstić information content (AvgIpc) is 2.31. The van der Waals surface area contributed by atoms with Crippen LogP contribution in [0.1, 0.15) is 26.6 Å². The Morgan fingerprint density at radius 1 is 1.20 bits per heavy atom. The number of hydrogen-bond donors (Lipinski definition) is 2. The first-order chi connectivity index (χ1) is 9.25. The summed E-state index contributed by atoms with van der Waals surface area (Å²) in [5, 5.41) is 3.77. The Balaban J connectivity index is 2.36. The number of nitrogens with two attached hydrogens (primary N) is 1. The van der Waals surface area contributed by atoms with Crippen LogP contribution in [-0.4, -0.2) is 9.97 Å². The second-order valence-electron chi connectivity index (χ2n) is 5.50. The quantitative estimate of drug-likeness (QED) is 0.831. The van der Waals surface area contributed by atoms with E-state index in [1.165, 1.54) is 0 Å². The summed E-state index contributed by atoms with van der Waals surface area (Å²) in [6, 6.07) is 7.29. The number of nitrogen functional groups attached to an aromatic ring is 1. The van der Waals surface area contributed by atoms with E-state index >= 15 is 0 Å². The van der Waals surface area contributed by atoms with Gasteiger partial charge in [-0.05, 0) is 18.2 Å². The van der Waals surface area contributed by atoms with Crippen LogP contribution in [0.5, 0.6) is 0 Å². The highest BCUT2D eigenvalue weighted by molar-refractivity contribution is 9.10. The van der Waals surface area contributed by atoms with E-state index in [4.69, 9.17) is 17.3 Å². The molecule has 0 saturated carbocycles. The maximum atomic E-state index is 6.18. The van der Waals surface area contributed by atoms with Crippen LogP contribution in [-0.2, 0) is 5.41 Å². The third-order valence-corrected chi connectivity index (χ3v) is 3.42. The summed E-state index contributed by atoms with van der Waals surface area (Å²) < 4.78 is 0.922. The van der Waals surface area contributed by atoms with Gasteiger partial charge in [-0.15, -0.1) is 0 Å². The Hall–Kier alpha value is -1.33. The van der Waals surface area contributed by atoms with Gasteiger partial charge in [0.2, 0.25) is 0 Å². The van der Waals surface area contributed by atoms with E-state index in [1.54, 1.807) is 6.07 Å². The Morgan fingerprint density at radius 2 is 1.90 bits per heavy atom. The predicted molar refractivity (Wildman–Crippen MR) is 87.6 cm³/mol. The molecule has 0 fully saturated rings. The Morgan fingerprint density at radius 3 is 2.50 bits per heavy atom. The first-order valence-electron chi connectivity index (χ1n) is 6.13. The van der Waals surface area contributed by atoms with Crippen LogP contribution >= 0.6 is 27.5 Å². The summed E-state index contributed by atoms with van der Waals surface area (Å²) in [4.78, 5) is 8.76. The van der Waals surface area contributed by atoms with Crippen molar-refractivity contribution in [2.24, 2.45) is 0 Å². The zero-order valence-electron chi connectivity index (χ0n) is 11.5. The van der Waals surface area contributed by atoms with Gasteiger partial charge in [-0.2, -0.15) is 0 Å². The summed E-state index contributed by atoms with van der Waals surface area (Å²) in [5.41, 5.74) is 6.44. The highest BCUT2D eigenvalue weighted by Gasteiger charge is 2.18. The van der Waals surface area contributed by atoms with Crippen molar-refractivity contribution in [3.63, 3.8) is 0 Å². The van der Waals surface area contributed by atoms with Crippen molar-refractivity contribution in [1.82, 2.24) is 9.97 Å². The summed E-state index contributed by atoms with van der Waals surface area (Å²) in [7, 11) is 0. The maximum absolute atomic E-state index is 6.18. The lowest BCUT2D eigenvalue weighted by molar-refractivity contribution is 0.547. The lowest BCUT2D eigenvalue weighted by Crippen LogP contribution is -2.17. The van der Waals surface area contributed by atoms with Crippen molar-refractivity contribution in [1.29, 1.82) is 0 Å². The fraction of sp³-hybridized carbons (Fsp3) is 0.286. The molecule has 0 amide bonds. The van der Waals surface area contributed by atoms with Gasteiger partial charge in [0, 0.05) is 16.0 Å². The second-order valence-corrected chi connectivity index (χ2v) is 6.82. The first kappa shape index (κ1) is 15.1. The van der Waals surface area contributed by atoms with Gasteiger partial charge in [0.1, 0.15) is 17.5 Å². The predicted octanol–water partition coefficient (Wildman–Crippen LogP) is 4.52. The molecular weight excluding hydrogens is 340 g/mol. The normalized spacial score (nSPS) is 11.4. The minimum atomic E-state index is -0.171. The Bertz CT molecular complexity index is 638. The largest absolute Gasteiger partial charge is 0.384 e. The van der Waals surface area contributed by atoms with Crippen LogP contribution in [0, 0.1) is 0 Å². The molecule has 0 aliphatic heterocycles. The van der Waals surface area contributed by atoms with Crippen molar-refractivity contribution in [2.45, 2.75) is 26.2 Å². The van der Waals surface area contributed by atoms with Crippen molar-refractivity contribution in [3.8, 4) is 0 Å². The molecule has 4 nitrogen and oxygen atoms in total. The SMILES string of the molecule is CC(C)(C)c1nc(N)cc(Nc2ccc(Br)cc2Cl)n1. The molecule has 0 atom stereocenters. The summed E-state index contributed by atoms with van der Waals surface area (Å²) in [6.07, 6.45) is 0. The fourth-order valence-corrected chi connectivity index (χ4v) is 2.31. The van der Waals surface area contributed by atoms with Crippen molar-refractivity contribution in [3.05, 3.63) is 39.6 Å². The molecule has 2 aromatic rings. The number of benzene rings is 1. The van der Waals surface area contributed by atoms with Crippen LogP contribution in [0.4, 0.5) is 17.3 Å². The number of hydrogen-bond acceptors (Lipinski definition) is 4. The van der Waals surface area contributed by atoms with E-state index in [0.29, 0.717) is 22.5 Å².